The molecule has 0 atom stereocenters. The Bertz CT molecular complexity index is 200. The summed E-state index contributed by atoms with van der Waals surface area (Å²) in [6.07, 6.45) is -2.68. The molecule has 0 spiro atoms. The Kier molecular flexibility index (Phi) is 15.1. The smallest absolute Gasteiger partial charge is 1.00 e. The molecular weight excluding hydrogens is 195 g/mol. The third kappa shape index (κ3) is 35.8. The quantitative estimate of drug-likeness (QED) is 0.190. The number of hydrogen-bond donors (Lipinski definition) is 3. The number of esters is 1. The Labute approximate surface area is 96.4 Å². The van der Waals surface area contributed by atoms with Crippen LogP contribution in [0.5, 0.6) is 0 Å². The molecule has 3 N–H and O–H groups in total. The molecule has 13 heavy (non-hydrogen) atoms. The Hall–Kier alpha value is -1.05. The summed E-state index contributed by atoms with van der Waals surface area (Å²) < 4.78 is 3.56. The molecule has 0 aliphatic carbocycles. The standard InChI is InChI=1S/C4H4O4.CH2O3.Na.H/c1-2-3(5)8-4(6)7;2-1(3)4;;/h2H,1H2,(H,6,7);(H2,2,3,4);;/q;;+1;-1. The van der Waals surface area contributed by atoms with E-state index in [1.165, 1.54) is 0 Å². The van der Waals surface area contributed by atoms with E-state index in [0.29, 0.717) is 0 Å². The van der Waals surface area contributed by atoms with Crippen molar-refractivity contribution in [3.8, 4) is 0 Å². The van der Waals surface area contributed by atoms with Crippen LogP contribution in [0.1, 0.15) is 1.43 Å². The zero-order valence-corrected chi connectivity index (χ0v) is 8.76. The van der Waals surface area contributed by atoms with Gasteiger partial charge in [-0.3, -0.25) is 0 Å². The number of carbonyl (C=O) groups is 3. The summed E-state index contributed by atoms with van der Waals surface area (Å²) in [5.74, 6) is -0.961. The van der Waals surface area contributed by atoms with Crippen molar-refractivity contribution in [3.05, 3.63) is 12.7 Å². The Morgan fingerprint density at radius 2 is 1.54 bits per heavy atom. The molecule has 0 aromatic carbocycles. The molecule has 0 heterocycles. The van der Waals surface area contributed by atoms with Gasteiger partial charge in [-0.15, -0.1) is 0 Å². The van der Waals surface area contributed by atoms with Gasteiger partial charge in [0.2, 0.25) is 0 Å². The molecule has 70 valence electrons. The molecule has 0 rings (SSSR count). The van der Waals surface area contributed by atoms with E-state index in [-0.39, 0.29) is 31.0 Å². The minimum atomic E-state index is -1.83. The molecular formula is C5H7NaO7. The van der Waals surface area contributed by atoms with E-state index in [4.69, 9.17) is 20.1 Å². The van der Waals surface area contributed by atoms with Crippen molar-refractivity contribution in [1.29, 1.82) is 0 Å². The van der Waals surface area contributed by atoms with Gasteiger partial charge in [-0.25, -0.2) is 14.4 Å². The fraction of sp³-hybridized carbons (Fsp3) is 0. The third-order valence-electron chi connectivity index (χ3n) is 0.355. The molecule has 0 bridgehead atoms. The second-order valence-electron chi connectivity index (χ2n) is 1.17. The largest absolute Gasteiger partial charge is 1.00 e. The maximum atomic E-state index is 9.90. The predicted octanol–water partition coefficient (Wildman–Crippen LogP) is -2.27. The van der Waals surface area contributed by atoms with Crippen molar-refractivity contribution in [2.45, 2.75) is 0 Å². The van der Waals surface area contributed by atoms with Gasteiger partial charge in [0, 0.05) is 6.08 Å². The third-order valence-corrected chi connectivity index (χ3v) is 0.355. The normalized spacial score (nSPS) is 6.46. The van der Waals surface area contributed by atoms with E-state index in [0.717, 1.165) is 6.08 Å². The van der Waals surface area contributed by atoms with Gasteiger partial charge in [-0.1, -0.05) is 6.58 Å². The Balaban J connectivity index is -0.0000000733. The first kappa shape index (κ1) is 17.9. The molecule has 0 aromatic rings. The summed E-state index contributed by atoms with van der Waals surface area (Å²) in [5, 5.41) is 21.7. The van der Waals surface area contributed by atoms with Crippen LogP contribution in [0.25, 0.3) is 0 Å². The van der Waals surface area contributed by atoms with Crippen molar-refractivity contribution in [2.75, 3.05) is 0 Å². The maximum absolute atomic E-state index is 9.90. The number of carbonyl (C=O) groups excluding carboxylic acids is 1. The number of ether oxygens (including phenoxy) is 1. The van der Waals surface area contributed by atoms with Crippen LogP contribution in [0.2, 0.25) is 0 Å². The van der Waals surface area contributed by atoms with Gasteiger partial charge in [0.1, 0.15) is 0 Å². The summed E-state index contributed by atoms with van der Waals surface area (Å²) in [5.41, 5.74) is 0. The van der Waals surface area contributed by atoms with Crippen molar-refractivity contribution >= 4 is 18.3 Å². The second-order valence-corrected chi connectivity index (χ2v) is 1.17. The van der Waals surface area contributed by atoms with E-state index in [1.54, 1.807) is 0 Å². The fourth-order valence-electron chi connectivity index (χ4n) is 0.128. The van der Waals surface area contributed by atoms with Crippen LogP contribution in [0.15, 0.2) is 12.7 Å². The number of carboxylic acid groups (broad SMARTS) is 3. The number of rotatable bonds is 1. The van der Waals surface area contributed by atoms with Crippen molar-refractivity contribution in [1.82, 2.24) is 0 Å². The molecule has 0 unspecified atom stereocenters. The molecule has 0 aromatic heterocycles. The van der Waals surface area contributed by atoms with Gasteiger partial charge in [0.25, 0.3) is 0 Å². The molecule has 7 nitrogen and oxygen atoms in total. The first-order valence-electron chi connectivity index (χ1n) is 2.39. The van der Waals surface area contributed by atoms with Gasteiger partial charge in [-0.05, 0) is 0 Å². The molecule has 8 heteroatoms. The van der Waals surface area contributed by atoms with Crippen LogP contribution in [0.3, 0.4) is 0 Å². The van der Waals surface area contributed by atoms with Crippen molar-refractivity contribution < 1.29 is 65.4 Å². The van der Waals surface area contributed by atoms with Gasteiger partial charge in [-0.2, -0.15) is 0 Å². The molecule has 0 fully saturated rings. The molecule has 0 aliphatic rings. The zero-order chi connectivity index (χ0) is 10.1. The van der Waals surface area contributed by atoms with Crippen LogP contribution in [0, 0.1) is 0 Å². The van der Waals surface area contributed by atoms with Crippen LogP contribution in [-0.4, -0.2) is 33.6 Å². The summed E-state index contributed by atoms with van der Waals surface area (Å²) in [7, 11) is 0. The van der Waals surface area contributed by atoms with E-state index in [2.05, 4.69) is 11.3 Å². The summed E-state index contributed by atoms with van der Waals surface area (Å²) in [6, 6.07) is 0. The molecule has 0 radical (unpaired) electrons. The monoisotopic (exact) mass is 202 g/mol. The second kappa shape index (κ2) is 11.0. The van der Waals surface area contributed by atoms with E-state index < -0.39 is 18.3 Å². The Morgan fingerprint density at radius 3 is 1.62 bits per heavy atom. The maximum Gasteiger partial charge on any atom is 1.00 e. The van der Waals surface area contributed by atoms with Crippen LogP contribution in [0.4, 0.5) is 9.59 Å². The Morgan fingerprint density at radius 1 is 1.23 bits per heavy atom. The summed E-state index contributed by atoms with van der Waals surface area (Å²) >= 11 is 0. The van der Waals surface area contributed by atoms with Gasteiger partial charge in [0.15, 0.2) is 0 Å². The van der Waals surface area contributed by atoms with Crippen LogP contribution < -0.4 is 29.6 Å². The first-order chi connectivity index (χ1) is 5.40. The zero-order valence-electron chi connectivity index (χ0n) is 7.76. The molecule has 0 saturated carbocycles. The minimum absolute atomic E-state index is 0. The van der Waals surface area contributed by atoms with E-state index >= 15 is 0 Å². The van der Waals surface area contributed by atoms with Crippen molar-refractivity contribution in [3.63, 3.8) is 0 Å². The summed E-state index contributed by atoms with van der Waals surface area (Å²) in [6.45, 7) is 2.98. The van der Waals surface area contributed by atoms with Gasteiger partial charge >= 0.3 is 47.8 Å². The number of hydrogen-bond acceptors (Lipinski definition) is 4. The van der Waals surface area contributed by atoms with Gasteiger partial charge in [0.05, 0.1) is 0 Å². The average Bonchev–Trinajstić information content (AvgIpc) is 1.84. The minimum Gasteiger partial charge on any atom is -1.00 e. The van der Waals surface area contributed by atoms with Gasteiger partial charge < -0.3 is 21.5 Å². The SMILES string of the molecule is C=CC(=O)OC(=O)O.O=C(O)O.[H-].[Na+]. The van der Waals surface area contributed by atoms with Crippen molar-refractivity contribution in [2.24, 2.45) is 0 Å². The molecule has 0 saturated heterocycles. The topological polar surface area (TPSA) is 121 Å². The summed E-state index contributed by atoms with van der Waals surface area (Å²) in [4.78, 5) is 27.9. The first-order valence-corrected chi connectivity index (χ1v) is 2.39. The van der Waals surface area contributed by atoms with Crippen LogP contribution in [-0.2, 0) is 9.53 Å². The van der Waals surface area contributed by atoms with E-state index in [1.807, 2.05) is 0 Å². The predicted molar refractivity (Wildman–Crippen MR) is 36.1 cm³/mol. The molecule has 0 aliphatic heterocycles. The molecule has 0 amide bonds. The van der Waals surface area contributed by atoms with Crippen LogP contribution >= 0.6 is 0 Å². The fourth-order valence-corrected chi connectivity index (χ4v) is 0.128. The van der Waals surface area contributed by atoms with E-state index in [9.17, 15) is 9.59 Å². The average molecular weight is 202 g/mol.